The van der Waals surface area contributed by atoms with Gasteiger partial charge in [0.15, 0.2) is 5.69 Å². The van der Waals surface area contributed by atoms with E-state index in [2.05, 4.69) is 65.2 Å². The van der Waals surface area contributed by atoms with Gasteiger partial charge in [-0.2, -0.15) is 0 Å². The van der Waals surface area contributed by atoms with Crippen molar-refractivity contribution in [1.82, 2.24) is 4.90 Å². The Bertz CT molecular complexity index is 1690. The number of rotatable bonds is 10. The molecule has 224 valence electrons. The van der Waals surface area contributed by atoms with Crippen LogP contribution in [-0.2, 0) is 37.4 Å². The SMILES string of the molecule is [C-]#[N+]c1cccc(COc2cc(OCc3cccc(-c4ccccc4)c3C)c3c(c2CN2CCCC[C@H]2C(N)=O)CCC3)c1. The summed E-state index contributed by atoms with van der Waals surface area (Å²) >= 11 is 0. The second-order valence-electron chi connectivity index (χ2n) is 11.9. The van der Waals surface area contributed by atoms with Gasteiger partial charge in [0.1, 0.15) is 24.7 Å². The average Bonchev–Trinajstić information content (AvgIpc) is 3.55. The molecule has 1 amide bonds. The molecule has 0 unspecified atom stereocenters. The van der Waals surface area contributed by atoms with E-state index in [1.54, 1.807) is 6.07 Å². The third kappa shape index (κ3) is 6.34. The minimum atomic E-state index is -0.264. The summed E-state index contributed by atoms with van der Waals surface area (Å²) in [7, 11) is 0. The van der Waals surface area contributed by atoms with Gasteiger partial charge in [0.2, 0.25) is 5.91 Å². The Labute approximate surface area is 260 Å². The highest BCUT2D eigenvalue weighted by atomic mass is 16.5. The van der Waals surface area contributed by atoms with Crippen molar-refractivity contribution in [3.8, 4) is 22.6 Å². The molecule has 6 heteroatoms. The number of piperidine rings is 1. The molecule has 0 aromatic heterocycles. The van der Waals surface area contributed by atoms with E-state index in [9.17, 15) is 4.79 Å². The van der Waals surface area contributed by atoms with Gasteiger partial charge in [0, 0.05) is 18.2 Å². The fourth-order valence-electron chi connectivity index (χ4n) is 6.73. The smallest absolute Gasteiger partial charge is 0.234 e. The lowest BCUT2D eigenvalue weighted by Gasteiger charge is -2.34. The van der Waals surface area contributed by atoms with Crippen LogP contribution in [0.1, 0.15) is 59.1 Å². The first-order chi connectivity index (χ1) is 21.5. The molecule has 6 nitrogen and oxygen atoms in total. The maximum Gasteiger partial charge on any atom is 0.234 e. The van der Waals surface area contributed by atoms with E-state index in [1.165, 1.54) is 27.8 Å². The molecule has 2 N–H and O–H groups in total. The summed E-state index contributed by atoms with van der Waals surface area (Å²) in [6, 6.07) is 26.2. The number of amides is 1. The summed E-state index contributed by atoms with van der Waals surface area (Å²) < 4.78 is 13.2. The number of nitrogens with zero attached hydrogens (tertiary/aromatic N) is 2. The number of ether oxygens (including phenoxy) is 2. The quantitative estimate of drug-likeness (QED) is 0.194. The Hall–Kier alpha value is -4.60. The maximum absolute atomic E-state index is 12.4. The third-order valence-corrected chi connectivity index (χ3v) is 9.09. The maximum atomic E-state index is 12.4. The summed E-state index contributed by atoms with van der Waals surface area (Å²) in [6.07, 6.45) is 5.81. The van der Waals surface area contributed by atoms with Gasteiger partial charge in [0.05, 0.1) is 12.6 Å². The highest BCUT2D eigenvalue weighted by Gasteiger charge is 2.31. The van der Waals surface area contributed by atoms with Crippen molar-refractivity contribution in [2.24, 2.45) is 5.73 Å². The molecule has 1 atom stereocenters. The van der Waals surface area contributed by atoms with Gasteiger partial charge in [-0.15, -0.1) is 0 Å². The molecule has 1 fully saturated rings. The third-order valence-electron chi connectivity index (χ3n) is 9.09. The van der Waals surface area contributed by atoms with E-state index in [0.717, 1.165) is 73.3 Å². The number of hydrogen-bond acceptors (Lipinski definition) is 4. The number of carbonyl (C=O) groups excluding carboxylic acids is 1. The van der Waals surface area contributed by atoms with Crippen molar-refractivity contribution in [2.75, 3.05) is 6.54 Å². The van der Waals surface area contributed by atoms with Gasteiger partial charge < -0.3 is 15.2 Å². The summed E-state index contributed by atoms with van der Waals surface area (Å²) in [5, 5.41) is 0. The molecule has 44 heavy (non-hydrogen) atoms. The largest absolute Gasteiger partial charge is 0.488 e. The van der Waals surface area contributed by atoms with Crippen LogP contribution in [0.2, 0.25) is 0 Å². The molecular weight excluding hydrogens is 546 g/mol. The predicted molar refractivity (Wildman–Crippen MR) is 174 cm³/mol. The number of primary amides is 1. The van der Waals surface area contributed by atoms with E-state index >= 15 is 0 Å². The Kier molecular flexibility index (Phi) is 8.95. The molecule has 1 aliphatic heterocycles. The van der Waals surface area contributed by atoms with Crippen molar-refractivity contribution in [3.05, 3.63) is 124 Å². The summed E-state index contributed by atoms with van der Waals surface area (Å²) in [6.45, 7) is 11.8. The summed E-state index contributed by atoms with van der Waals surface area (Å²) in [5.74, 6) is 1.38. The van der Waals surface area contributed by atoms with Crippen LogP contribution in [0.4, 0.5) is 5.69 Å². The molecule has 0 radical (unpaired) electrons. The molecule has 4 aromatic carbocycles. The van der Waals surface area contributed by atoms with Crippen molar-refractivity contribution in [1.29, 1.82) is 0 Å². The number of carbonyl (C=O) groups is 1. The van der Waals surface area contributed by atoms with Crippen LogP contribution in [0, 0.1) is 13.5 Å². The van der Waals surface area contributed by atoms with Gasteiger partial charge in [-0.25, -0.2) is 4.85 Å². The monoisotopic (exact) mass is 585 g/mol. The highest BCUT2D eigenvalue weighted by Crippen LogP contribution is 2.41. The van der Waals surface area contributed by atoms with Crippen molar-refractivity contribution < 1.29 is 14.3 Å². The van der Waals surface area contributed by atoms with Crippen LogP contribution >= 0.6 is 0 Å². The molecule has 2 aliphatic rings. The van der Waals surface area contributed by atoms with Crippen LogP contribution in [-0.4, -0.2) is 23.4 Å². The Morgan fingerprint density at radius 1 is 0.909 bits per heavy atom. The normalized spacial score (nSPS) is 16.2. The van der Waals surface area contributed by atoms with Crippen molar-refractivity contribution >= 4 is 11.6 Å². The second-order valence-corrected chi connectivity index (χ2v) is 11.9. The first-order valence-corrected chi connectivity index (χ1v) is 15.6. The van der Waals surface area contributed by atoms with Crippen LogP contribution in [0.25, 0.3) is 16.0 Å². The Morgan fingerprint density at radius 3 is 2.52 bits per heavy atom. The predicted octanol–water partition coefficient (Wildman–Crippen LogP) is 7.70. The molecule has 1 heterocycles. The number of hydrogen-bond donors (Lipinski definition) is 1. The standard InChI is InChI=1S/C38H39N3O3/c1-26-29(14-9-16-31(26)28-12-4-3-5-13-28)25-44-36-22-37(43-24-27-11-8-15-30(21-27)40-2)34(32-17-10-18-33(32)36)23-41-20-7-6-19-35(41)38(39)42/h3-5,8-9,11-16,21-22,35H,6-7,10,17-20,23-25H2,1H3,(H2,39,42)/t35-/m0/s1. The number of nitrogens with two attached hydrogens (primary N) is 1. The molecule has 0 spiro atoms. The van der Waals surface area contributed by atoms with E-state index in [-0.39, 0.29) is 11.9 Å². The molecule has 4 aromatic rings. The van der Waals surface area contributed by atoms with Crippen molar-refractivity contribution in [3.63, 3.8) is 0 Å². The van der Waals surface area contributed by atoms with Crippen LogP contribution in [0.3, 0.4) is 0 Å². The topological polar surface area (TPSA) is 69.2 Å². The lowest BCUT2D eigenvalue weighted by molar-refractivity contribution is -0.124. The number of fused-ring (bicyclic) bond motifs is 1. The fourth-order valence-corrected chi connectivity index (χ4v) is 6.73. The van der Waals surface area contributed by atoms with Gasteiger partial charge in [-0.1, -0.05) is 73.2 Å². The second kappa shape index (κ2) is 13.4. The molecule has 1 aliphatic carbocycles. The number of benzene rings is 4. The minimum absolute atomic E-state index is 0.257. The molecule has 1 saturated heterocycles. The molecule has 0 bridgehead atoms. The fraction of sp³-hybridized carbons (Fsp3) is 0.316. The van der Waals surface area contributed by atoms with E-state index < -0.39 is 0 Å². The van der Waals surface area contributed by atoms with Gasteiger partial charge in [-0.3, -0.25) is 9.69 Å². The lowest BCUT2D eigenvalue weighted by atomic mass is 9.96. The summed E-state index contributed by atoms with van der Waals surface area (Å²) in [5.41, 5.74) is 15.8. The first kappa shape index (κ1) is 29.5. The lowest BCUT2D eigenvalue weighted by Crippen LogP contribution is -2.47. The van der Waals surface area contributed by atoms with E-state index in [0.29, 0.717) is 25.4 Å². The van der Waals surface area contributed by atoms with Gasteiger partial charge in [0.25, 0.3) is 0 Å². The molecule has 0 saturated carbocycles. The number of likely N-dealkylation sites (tertiary alicyclic amines) is 1. The highest BCUT2D eigenvalue weighted by molar-refractivity contribution is 5.80. The zero-order valence-electron chi connectivity index (χ0n) is 25.4. The summed E-state index contributed by atoms with van der Waals surface area (Å²) in [4.78, 5) is 18.2. The van der Waals surface area contributed by atoms with E-state index in [1.807, 2.05) is 24.3 Å². The molecular formula is C38H39N3O3. The van der Waals surface area contributed by atoms with Gasteiger partial charge in [-0.05, 0) is 90.6 Å². The van der Waals surface area contributed by atoms with Crippen molar-refractivity contribution in [2.45, 2.75) is 71.2 Å². The zero-order chi connectivity index (χ0) is 30.5. The Morgan fingerprint density at radius 2 is 1.70 bits per heavy atom. The average molecular weight is 586 g/mol. The zero-order valence-corrected chi connectivity index (χ0v) is 25.4. The first-order valence-electron chi connectivity index (χ1n) is 15.6. The molecule has 6 rings (SSSR count). The van der Waals surface area contributed by atoms with E-state index in [4.69, 9.17) is 21.8 Å². The van der Waals surface area contributed by atoms with Crippen LogP contribution in [0.5, 0.6) is 11.5 Å². The minimum Gasteiger partial charge on any atom is -0.488 e. The van der Waals surface area contributed by atoms with Crippen LogP contribution < -0.4 is 15.2 Å². The van der Waals surface area contributed by atoms with Gasteiger partial charge >= 0.3 is 0 Å². The van der Waals surface area contributed by atoms with Crippen LogP contribution in [0.15, 0.2) is 78.9 Å². The Balaban J connectivity index is 1.33.